The zero-order chi connectivity index (χ0) is 17.8. The van der Waals surface area contributed by atoms with E-state index < -0.39 is 5.97 Å². The lowest BCUT2D eigenvalue weighted by Gasteiger charge is -2.35. The molecule has 0 bridgehead atoms. The SMILES string of the molecule is Cc1noc(-c2ccc(C(=O)N3CCCC[C@H]3CCC(=O)O)cc2)n1. The minimum atomic E-state index is -0.822. The minimum Gasteiger partial charge on any atom is -0.481 e. The van der Waals surface area contributed by atoms with Gasteiger partial charge in [0.2, 0.25) is 0 Å². The van der Waals surface area contributed by atoms with Crippen LogP contribution in [0.25, 0.3) is 11.5 Å². The van der Waals surface area contributed by atoms with E-state index in [4.69, 9.17) is 9.63 Å². The molecule has 0 aliphatic carbocycles. The molecule has 3 rings (SSSR count). The van der Waals surface area contributed by atoms with E-state index in [1.807, 2.05) is 4.90 Å². The van der Waals surface area contributed by atoms with Crippen LogP contribution in [-0.4, -0.2) is 44.6 Å². The first-order valence-corrected chi connectivity index (χ1v) is 8.48. The lowest BCUT2D eigenvalue weighted by Crippen LogP contribution is -2.43. The Morgan fingerprint density at radius 2 is 2.04 bits per heavy atom. The number of aliphatic carboxylic acids is 1. The number of amides is 1. The summed E-state index contributed by atoms with van der Waals surface area (Å²) in [5, 5.41) is 12.7. The van der Waals surface area contributed by atoms with E-state index in [2.05, 4.69) is 10.1 Å². The zero-order valence-electron chi connectivity index (χ0n) is 14.1. The van der Waals surface area contributed by atoms with Crippen molar-refractivity contribution in [3.63, 3.8) is 0 Å². The highest BCUT2D eigenvalue weighted by Crippen LogP contribution is 2.24. The summed E-state index contributed by atoms with van der Waals surface area (Å²) in [6.45, 7) is 2.42. The first-order valence-electron chi connectivity index (χ1n) is 8.48. The minimum absolute atomic E-state index is 0.00406. The van der Waals surface area contributed by atoms with Gasteiger partial charge in [-0.05, 0) is 56.9 Å². The Morgan fingerprint density at radius 3 is 2.68 bits per heavy atom. The Morgan fingerprint density at radius 1 is 1.28 bits per heavy atom. The number of carboxylic acid groups (broad SMARTS) is 1. The van der Waals surface area contributed by atoms with Crippen LogP contribution in [0.5, 0.6) is 0 Å². The number of rotatable bonds is 5. The van der Waals surface area contributed by atoms with E-state index in [9.17, 15) is 9.59 Å². The molecule has 7 heteroatoms. The van der Waals surface area contributed by atoms with Gasteiger partial charge in [0.1, 0.15) is 0 Å². The van der Waals surface area contributed by atoms with Gasteiger partial charge >= 0.3 is 5.97 Å². The molecule has 1 aliphatic rings. The highest BCUT2D eigenvalue weighted by molar-refractivity contribution is 5.95. The summed E-state index contributed by atoms with van der Waals surface area (Å²) in [6, 6.07) is 7.07. The molecule has 1 aromatic heterocycles. The number of hydrogen-bond donors (Lipinski definition) is 1. The summed E-state index contributed by atoms with van der Waals surface area (Å²) in [7, 11) is 0. The van der Waals surface area contributed by atoms with Gasteiger partial charge < -0.3 is 14.5 Å². The summed E-state index contributed by atoms with van der Waals surface area (Å²) in [6.07, 6.45) is 3.43. The van der Waals surface area contributed by atoms with Gasteiger partial charge in [0, 0.05) is 30.1 Å². The molecule has 1 fully saturated rings. The number of piperidine rings is 1. The third kappa shape index (κ3) is 4.04. The predicted octanol–water partition coefficient (Wildman–Crippen LogP) is 2.90. The molecule has 0 unspecified atom stereocenters. The van der Waals surface area contributed by atoms with E-state index in [1.165, 1.54) is 0 Å². The van der Waals surface area contributed by atoms with Gasteiger partial charge in [-0.15, -0.1) is 0 Å². The second kappa shape index (κ2) is 7.46. The molecule has 0 saturated carbocycles. The van der Waals surface area contributed by atoms with Crippen LogP contribution in [0.15, 0.2) is 28.8 Å². The molecule has 7 nitrogen and oxygen atoms in total. The fraction of sp³-hybridized carbons (Fsp3) is 0.444. The number of carbonyl (C=O) groups is 2. The molecule has 0 radical (unpaired) electrons. The van der Waals surface area contributed by atoms with E-state index in [0.717, 1.165) is 24.8 Å². The maximum absolute atomic E-state index is 12.8. The number of likely N-dealkylation sites (tertiary alicyclic amines) is 1. The highest BCUT2D eigenvalue weighted by Gasteiger charge is 2.27. The number of carbonyl (C=O) groups excluding carboxylic acids is 1. The molecule has 0 spiro atoms. The quantitative estimate of drug-likeness (QED) is 0.896. The number of nitrogens with zero attached hydrogens (tertiary/aromatic N) is 3. The number of hydrogen-bond acceptors (Lipinski definition) is 5. The summed E-state index contributed by atoms with van der Waals surface area (Å²) >= 11 is 0. The second-order valence-electron chi connectivity index (χ2n) is 6.30. The van der Waals surface area contributed by atoms with Gasteiger partial charge in [0.05, 0.1) is 0 Å². The molecular formula is C18H21N3O4. The van der Waals surface area contributed by atoms with Crippen molar-refractivity contribution in [3.05, 3.63) is 35.7 Å². The number of carboxylic acids is 1. The van der Waals surface area contributed by atoms with Crippen molar-refractivity contribution in [2.45, 2.75) is 45.1 Å². The maximum Gasteiger partial charge on any atom is 0.303 e. The molecule has 2 aromatic rings. The summed E-state index contributed by atoms with van der Waals surface area (Å²) in [5.74, 6) is 0.110. The molecule has 1 atom stereocenters. The van der Waals surface area contributed by atoms with Gasteiger partial charge in [0.15, 0.2) is 5.82 Å². The Labute approximate surface area is 145 Å². The Kier molecular flexibility index (Phi) is 5.11. The standard InChI is InChI=1S/C18H21N3O4/c1-12-19-17(25-20-12)13-5-7-14(8-6-13)18(24)21-11-3-2-4-15(21)9-10-16(22)23/h5-8,15H,2-4,9-11H2,1H3,(H,22,23)/t15-/m0/s1. The van der Waals surface area contributed by atoms with Crippen LogP contribution in [0.3, 0.4) is 0 Å². The van der Waals surface area contributed by atoms with Crippen molar-refractivity contribution < 1.29 is 19.2 Å². The Hall–Kier alpha value is -2.70. The van der Waals surface area contributed by atoms with Crippen molar-refractivity contribution >= 4 is 11.9 Å². The zero-order valence-corrected chi connectivity index (χ0v) is 14.1. The summed E-state index contributed by atoms with van der Waals surface area (Å²) < 4.78 is 5.13. The van der Waals surface area contributed by atoms with E-state index in [-0.39, 0.29) is 18.4 Å². The van der Waals surface area contributed by atoms with Gasteiger partial charge in [-0.1, -0.05) is 5.16 Å². The van der Waals surface area contributed by atoms with Gasteiger partial charge in [-0.25, -0.2) is 0 Å². The molecule has 1 saturated heterocycles. The first kappa shape index (κ1) is 17.1. The summed E-state index contributed by atoms with van der Waals surface area (Å²) in [4.78, 5) is 29.7. The van der Waals surface area contributed by atoms with E-state index in [1.54, 1.807) is 31.2 Å². The molecule has 1 aromatic carbocycles. The fourth-order valence-corrected chi connectivity index (χ4v) is 3.19. The molecule has 2 heterocycles. The van der Waals surface area contributed by atoms with Gasteiger partial charge in [0.25, 0.3) is 11.8 Å². The van der Waals surface area contributed by atoms with Crippen molar-refractivity contribution in [1.29, 1.82) is 0 Å². The maximum atomic E-state index is 12.8. The van der Waals surface area contributed by atoms with Crippen molar-refractivity contribution in [1.82, 2.24) is 15.0 Å². The van der Waals surface area contributed by atoms with Gasteiger partial charge in [-0.2, -0.15) is 4.98 Å². The summed E-state index contributed by atoms with van der Waals surface area (Å²) in [5.41, 5.74) is 1.35. The smallest absolute Gasteiger partial charge is 0.303 e. The van der Waals surface area contributed by atoms with E-state index >= 15 is 0 Å². The van der Waals surface area contributed by atoms with Crippen LogP contribution in [0.1, 0.15) is 48.3 Å². The van der Waals surface area contributed by atoms with Crippen LogP contribution in [0.2, 0.25) is 0 Å². The van der Waals surface area contributed by atoms with Crippen LogP contribution in [0, 0.1) is 6.92 Å². The average Bonchev–Trinajstić information content (AvgIpc) is 3.06. The Balaban J connectivity index is 1.73. The third-order valence-electron chi connectivity index (χ3n) is 4.49. The number of aryl methyl sites for hydroxylation is 1. The lowest BCUT2D eigenvalue weighted by atomic mass is 9.96. The van der Waals surface area contributed by atoms with E-state index in [0.29, 0.717) is 30.2 Å². The van der Waals surface area contributed by atoms with Gasteiger partial charge in [-0.3, -0.25) is 9.59 Å². The molecule has 1 aliphatic heterocycles. The molecule has 1 amide bonds. The van der Waals surface area contributed by atoms with Crippen LogP contribution in [0.4, 0.5) is 0 Å². The van der Waals surface area contributed by atoms with Crippen LogP contribution >= 0.6 is 0 Å². The molecular weight excluding hydrogens is 322 g/mol. The Bertz CT molecular complexity index is 754. The van der Waals surface area contributed by atoms with Crippen molar-refractivity contribution in [2.75, 3.05) is 6.54 Å². The lowest BCUT2D eigenvalue weighted by molar-refractivity contribution is -0.137. The topological polar surface area (TPSA) is 96.5 Å². The average molecular weight is 343 g/mol. The third-order valence-corrected chi connectivity index (χ3v) is 4.49. The molecule has 1 N–H and O–H groups in total. The predicted molar refractivity (Wildman–Crippen MR) is 90.0 cm³/mol. The molecule has 25 heavy (non-hydrogen) atoms. The largest absolute Gasteiger partial charge is 0.481 e. The van der Waals surface area contributed by atoms with Crippen molar-refractivity contribution in [2.24, 2.45) is 0 Å². The fourth-order valence-electron chi connectivity index (χ4n) is 3.19. The molecule has 132 valence electrons. The van der Waals surface area contributed by atoms with Crippen molar-refractivity contribution in [3.8, 4) is 11.5 Å². The van der Waals surface area contributed by atoms with Crippen LogP contribution < -0.4 is 0 Å². The number of aromatic nitrogens is 2. The first-order chi connectivity index (χ1) is 12.0. The van der Waals surface area contributed by atoms with Crippen LogP contribution in [-0.2, 0) is 4.79 Å². The normalized spacial score (nSPS) is 17.5. The second-order valence-corrected chi connectivity index (χ2v) is 6.30. The highest BCUT2D eigenvalue weighted by atomic mass is 16.5. The monoisotopic (exact) mass is 343 g/mol. The number of benzene rings is 1.